The third kappa shape index (κ3) is 4.82. The van der Waals surface area contributed by atoms with Gasteiger partial charge in [-0.3, -0.25) is 0 Å². The van der Waals surface area contributed by atoms with Crippen molar-refractivity contribution >= 4 is 12.0 Å². The predicted octanol–water partition coefficient (Wildman–Crippen LogP) is 4.51. The van der Waals surface area contributed by atoms with Crippen molar-refractivity contribution in [3.63, 3.8) is 0 Å². The predicted molar refractivity (Wildman–Crippen MR) is 100 cm³/mol. The Labute approximate surface area is 145 Å². The Bertz CT molecular complexity index is 718. The van der Waals surface area contributed by atoms with Crippen LogP contribution in [0.4, 0.5) is 5.69 Å². The third-order valence-corrected chi connectivity index (χ3v) is 3.88. The van der Waals surface area contributed by atoms with Gasteiger partial charge >= 0.3 is 0 Å². The van der Waals surface area contributed by atoms with Crippen LogP contribution in [0.1, 0.15) is 34.9 Å². The minimum absolute atomic E-state index is 0.525. The van der Waals surface area contributed by atoms with Crippen molar-refractivity contribution in [1.29, 1.82) is 0 Å². The van der Waals surface area contributed by atoms with Crippen LogP contribution in [0.3, 0.4) is 0 Å². The molecule has 2 rings (SSSR count). The van der Waals surface area contributed by atoms with Gasteiger partial charge in [0.2, 0.25) is 5.88 Å². The number of ether oxygens (including phenoxy) is 1. The average Bonchev–Trinajstić information content (AvgIpc) is 2.52. The molecule has 0 fully saturated rings. The molecule has 0 aliphatic rings. The maximum absolute atomic E-state index is 5.94. The van der Waals surface area contributed by atoms with E-state index in [9.17, 15) is 0 Å². The van der Waals surface area contributed by atoms with Gasteiger partial charge in [0.15, 0.2) is 0 Å². The van der Waals surface area contributed by atoms with Crippen LogP contribution >= 0.6 is 0 Å². The summed E-state index contributed by atoms with van der Waals surface area (Å²) in [6.07, 6.45) is 1.83. The second-order valence-corrected chi connectivity index (χ2v) is 6.32. The first-order valence-corrected chi connectivity index (χ1v) is 8.31. The quantitative estimate of drug-likeness (QED) is 0.579. The summed E-state index contributed by atoms with van der Waals surface area (Å²) >= 11 is 0. The van der Waals surface area contributed by atoms with E-state index in [1.54, 1.807) is 0 Å². The van der Waals surface area contributed by atoms with Gasteiger partial charge in [0, 0.05) is 19.2 Å². The van der Waals surface area contributed by atoms with E-state index in [2.05, 4.69) is 48.9 Å². The minimum atomic E-state index is 0.525. The molecule has 0 radical (unpaired) electrons. The monoisotopic (exact) mass is 325 g/mol. The molecule has 0 aliphatic carbocycles. The largest absolute Gasteiger partial charge is 0.473 e. The molecule has 0 bridgehead atoms. The van der Waals surface area contributed by atoms with Crippen molar-refractivity contribution in [3.05, 3.63) is 52.2 Å². The summed E-state index contributed by atoms with van der Waals surface area (Å²) in [5.74, 6) is 0.675. The fraction of sp³-hybridized carbons (Fsp3) is 0.400. The summed E-state index contributed by atoms with van der Waals surface area (Å²) in [6, 6.07) is 8.49. The first-order chi connectivity index (χ1) is 11.4. The molecule has 24 heavy (non-hydrogen) atoms. The number of hydrogen-bond donors (Lipinski definition) is 0. The van der Waals surface area contributed by atoms with Crippen molar-refractivity contribution in [2.45, 2.75) is 41.2 Å². The highest BCUT2D eigenvalue weighted by Crippen LogP contribution is 2.25. The topological polar surface area (TPSA) is 37.7 Å². The van der Waals surface area contributed by atoms with Crippen LogP contribution in [0.2, 0.25) is 0 Å². The van der Waals surface area contributed by atoms with E-state index in [1.165, 1.54) is 11.1 Å². The van der Waals surface area contributed by atoms with E-state index in [0.29, 0.717) is 12.5 Å². The van der Waals surface area contributed by atoms with Crippen molar-refractivity contribution < 1.29 is 4.74 Å². The average molecular weight is 325 g/mol. The summed E-state index contributed by atoms with van der Waals surface area (Å²) in [5.41, 5.74) is 6.41. The van der Waals surface area contributed by atoms with Gasteiger partial charge in [-0.1, -0.05) is 29.3 Å². The van der Waals surface area contributed by atoms with Gasteiger partial charge in [0.25, 0.3) is 0 Å². The van der Waals surface area contributed by atoms with Crippen LogP contribution in [-0.2, 0) is 6.61 Å². The molecule has 128 valence electrons. The van der Waals surface area contributed by atoms with Crippen molar-refractivity contribution in [2.75, 3.05) is 13.6 Å². The highest BCUT2D eigenvalue weighted by Gasteiger charge is 2.08. The maximum Gasteiger partial charge on any atom is 0.216 e. The Hall–Kier alpha value is -2.36. The maximum atomic E-state index is 5.94. The summed E-state index contributed by atoms with van der Waals surface area (Å²) < 4.78 is 5.94. The first kappa shape index (κ1) is 18.0. The number of benzene rings is 1. The number of hydrogen-bond acceptors (Lipinski definition) is 3. The van der Waals surface area contributed by atoms with E-state index in [-0.39, 0.29) is 0 Å². The number of aromatic nitrogens is 1. The highest BCUT2D eigenvalue weighted by atomic mass is 16.5. The SMILES string of the molecule is CCN(C)C=Nc1cc(C)c(OCc2cc(C)cc(C)c2)nc1C. The van der Waals surface area contributed by atoms with E-state index in [0.717, 1.165) is 29.1 Å². The van der Waals surface area contributed by atoms with E-state index in [1.807, 2.05) is 38.2 Å². The van der Waals surface area contributed by atoms with Gasteiger partial charge < -0.3 is 9.64 Å². The Morgan fingerprint density at radius 2 is 1.75 bits per heavy atom. The molecular formula is C20H27N3O. The van der Waals surface area contributed by atoms with Crippen LogP contribution in [-0.4, -0.2) is 29.8 Å². The molecule has 1 aromatic heterocycles. The van der Waals surface area contributed by atoms with Crippen LogP contribution in [0, 0.1) is 27.7 Å². The molecule has 0 aliphatic heterocycles. The zero-order valence-electron chi connectivity index (χ0n) is 15.6. The molecular weight excluding hydrogens is 298 g/mol. The highest BCUT2D eigenvalue weighted by molar-refractivity contribution is 5.62. The fourth-order valence-corrected chi connectivity index (χ4v) is 2.49. The summed E-state index contributed by atoms with van der Waals surface area (Å²) in [4.78, 5) is 11.1. The van der Waals surface area contributed by atoms with E-state index >= 15 is 0 Å². The number of aryl methyl sites for hydroxylation is 4. The normalized spacial score (nSPS) is 11.1. The van der Waals surface area contributed by atoms with Crippen LogP contribution in [0.15, 0.2) is 29.3 Å². The van der Waals surface area contributed by atoms with E-state index in [4.69, 9.17) is 4.74 Å². The van der Waals surface area contributed by atoms with Gasteiger partial charge in [-0.25, -0.2) is 9.98 Å². The number of aliphatic imine (C=N–C) groups is 1. The van der Waals surface area contributed by atoms with Gasteiger partial charge in [0.05, 0.1) is 17.7 Å². The Morgan fingerprint density at radius 1 is 1.08 bits per heavy atom. The molecule has 1 aromatic carbocycles. The van der Waals surface area contributed by atoms with Crippen LogP contribution in [0.5, 0.6) is 5.88 Å². The van der Waals surface area contributed by atoms with Crippen molar-refractivity contribution in [2.24, 2.45) is 4.99 Å². The van der Waals surface area contributed by atoms with Crippen LogP contribution in [0.25, 0.3) is 0 Å². The molecule has 0 spiro atoms. The van der Waals surface area contributed by atoms with E-state index < -0.39 is 0 Å². The second kappa shape index (κ2) is 7.95. The zero-order chi connectivity index (χ0) is 17.7. The van der Waals surface area contributed by atoms with Gasteiger partial charge in [-0.05, 0) is 46.2 Å². The Kier molecular flexibility index (Phi) is 5.96. The number of rotatable bonds is 6. The molecule has 0 unspecified atom stereocenters. The lowest BCUT2D eigenvalue weighted by molar-refractivity contribution is 0.291. The third-order valence-electron chi connectivity index (χ3n) is 3.88. The standard InChI is InChI=1S/C20H27N3O/c1-7-23(6)13-21-19-11-16(4)20(22-17(19)5)24-12-18-9-14(2)8-15(3)10-18/h8-11,13H,7,12H2,1-6H3. The first-order valence-electron chi connectivity index (χ1n) is 8.31. The van der Waals surface area contributed by atoms with Gasteiger partial charge in [-0.2, -0.15) is 0 Å². The lowest BCUT2D eigenvalue weighted by Gasteiger charge is -2.12. The van der Waals surface area contributed by atoms with Gasteiger partial charge in [0.1, 0.15) is 6.61 Å². The van der Waals surface area contributed by atoms with Crippen molar-refractivity contribution in [1.82, 2.24) is 9.88 Å². The lowest BCUT2D eigenvalue weighted by atomic mass is 10.1. The second-order valence-electron chi connectivity index (χ2n) is 6.32. The van der Waals surface area contributed by atoms with Crippen LogP contribution < -0.4 is 4.74 Å². The number of pyridine rings is 1. The summed E-state index contributed by atoms with van der Waals surface area (Å²) in [5, 5.41) is 0. The molecule has 0 saturated heterocycles. The Morgan fingerprint density at radius 3 is 2.38 bits per heavy atom. The molecule has 4 heteroatoms. The molecule has 2 aromatic rings. The summed E-state index contributed by atoms with van der Waals surface area (Å²) in [7, 11) is 2.00. The zero-order valence-corrected chi connectivity index (χ0v) is 15.6. The molecule has 0 amide bonds. The fourth-order valence-electron chi connectivity index (χ4n) is 2.49. The molecule has 0 atom stereocenters. The van der Waals surface area contributed by atoms with Crippen molar-refractivity contribution in [3.8, 4) is 5.88 Å². The molecule has 4 nitrogen and oxygen atoms in total. The Balaban J connectivity index is 2.14. The molecule has 0 N–H and O–H groups in total. The molecule has 1 heterocycles. The lowest BCUT2D eigenvalue weighted by Crippen LogP contribution is -2.14. The minimum Gasteiger partial charge on any atom is -0.473 e. The van der Waals surface area contributed by atoms with Gasteiger partial charge in [-0.15, -0.1) is 0 Å². The molecule has 0 saturated carbocycles. The summed E-state index contributed by atoms with van der Waals surface area (Å²) in [6.45, 7) is 11.7. The smallest absolute Gasteiger partial charge is 0.216 e. The number of nitrogens with zero attached hydrogens (tertiary/aromatic N) is 3.